The van der Waals surface area contributed by atoms with Crippen LogP contribution in [0.5, 0.6) is 5.75 Å². The van der Waals surface area contributed by atoms with Gasteiger partial charge >= 0.3 is 0 Å². The zero-order valence-corrected chi connectivity index (χ0v) is 14.9. The molecule has 3 aromatic heterocycles. The van der Waals surface area contributed by atoms with Crippen LogP contribution in [0.2, 0.25) is 0 Å². The monoisotopic (exact) mass is 367 g/mol. The predicted molar refractivity (Wildman–Crippen MR) is 102 cm³/mol. The number of nitrogens with zero attached hydrogens (tertiary/aromatic N) is 2. The number of H-pyrrole nitrogens is 2. The van der Waals surface area contributed by atoms with Gasteiger partial charge in [0.1, 0.15) is 22.8 Å². The fraction of sp³-hybridized carbons (Fsp3) is 0.211. The standard InChI is InChI=1S/C19H18FN5O2/c1-3-6-27-13-8-22-9(2)17-15(13)14(16(21)19(26)24-17)10-4-5-12(20)18-11(10)7-23-25-18/h4-5,7-8H,3,6,21H2,1-2H3,(H,23,25)(H,24,26). The Labute approximate surface area is 153 Å². The molecule has 0 saturated heterocycles. The van der Waals surface area contributed by atoms with Gasteiger partial charge in [0, 0.05) is 10.9 Å². The molecule has 0 unspecified atom stereocenters. The summed E-state index contributed by atoms with van der Waals surface area (Å²) in [4.78, 5) is 19.6. The van der Waals surface area contributed by atoms with Crippen LogP contribution in [-0.2, 0) is 0 Å². The normalized spacial score (nSPS) is 11.4. The number of aryl methyl sites for hydroxylation is 1. The molecule has 0 aliphatic heterocycles. The zero-order chi connectivity index (χ0) is 19.1. The van der Waals surface area contributed by atoms with E-state index in [-0.39, 0.29) is 11.2 Å². The van der Waals surface area contributed by atoms with Crippen molar-refractivity contribution in [3.63, 3.8) is 0 Å². The van der Waals surface area contributed by atoms with Crippen molar-refractivity contribution < 1.29 is 9.13 Å². The minimum atomic E-state index is -0.434. The molecular formula is C19H18FN5O2. The van der Waals surface area contributed by atoms with Crippen molar-refractivity contribution in [1.29, 1.82) is 0 Å². The number of rotatable bonds is 4. The average molecular weight is 367 g/mol. The number of halogens is 1. The second-order valence-electron chi connectivity index (χ2n) is 6.30. The van der Waals surface area contributed by atoms with Crippen LogP contribution in [0.4, 0.5) is 10.1 Å². The highest BCUT2D eigenvalue weighted by Gasteiger charge is 2.21. The van der Waals surface area contributed by atoms with Crippen molar-refractivity contribution in [1.82, 2.24) is 20.2 Å². The number of aromatic amines is 2. The van der Waals surface area contributed by atoms with E-state index in [9.17, 15) is 9.18 Å². The molecule has 138 valence electrons. The maximum Gasteiger partial charge on any atom is 0.272 e. The Morgan fingerprint density at radius 1 is 1.26 bits per heavy atom. The molecule has 0 amide bonds. The van der Waals surface area contributed by atoms with Gasteiger partial charge in [-0.25, -0.2) is 4.39 Å². The summed E-state index contributed by atoms with van der Waals surface area (Å²) in [6.45, 7) is 4.28. The number of aromatic nitrogens is 4. The first kappa shape index (κ1) is 17.0. The summed E-state index contributed by atoms with van der Waals surface area (Å²) >= 11 is 0. The van der Waals surface area contributed by atoms with Crippen LogP contribution in [0.25, 0.3) is 32.9 Å². The number of anilines is 1. The molecule has 3 heterocycles. The molecule has 7 nitrogen and oxygen atoms in total. The molecule has 0 radical (unpaired) electrons. The van der Waals surface area contributed by atoms with Crippen molar-refractivity contribution in [3.05, 3.63) is 46.4 Å². The molecule has 1 aromatic carbocycles. The number of hydrogen-bond acceptors (Lipinski definition) is 5. The lowest BCUT2D eigenvalue weighted by Crippen LogP contribution is -2.15. The van der Waals surface area contributed by atoms with Crippen LogP contribution >= 0.6 is 0 Å². The number of nitrogen functional groups attached to an aromatic ring is 1. The minimum Gasteiger partial charge on any atom is -0.491 e. The highest BCUT2D eigenvalue weighted by Crippen LogP contribution is 2.40. The number of nitrogens with one attached hydrogen (secondary N) is 2. The summed E-state index contributed by atoms with van der Waals surface area (Å²) in [7, 11) is 0. The van der Waals surface area contributed by atoms with Gasteiger partial charge in [-0.15, -0.1) is 0 Å². The van der Waals surface area contributed by atoms with Crippen LogP contribution in [0.3, 0.4) is 0 Å². The molecule has 0 aliphatic rings. The number of pyridine rings is 2. The number of benzene rings is 1. The van der Waals surface area contributed by atoms with Gasteiger partial charge < -0.3 is 15.5 Å². The number of nitrogens with two attached hydrogens (primary N) is 1. The van der Waals surface area contributed by atoms with Gasteiger partial charge in [0.15, 0.2) is 0 Å². The number of ether oxygens (including phenoxy) is 1. The molecule has 0 fully saturated rings. The van der Waals surface area contributed by atoms with Crippen LogP contribution in [-0.4, -0.2) is 26.8 Å². The van der Waals surface area contributed by atoms with Crippen molar-refractivity contribution in [3.8, 4) is 16.9 Å². The van der Waals surface area contributed by atoms with Gasteiger partial charge in [-0.1, -0.05) is 13.0 Å². The fourth-order valence-corrected chi connectivity index (χ4v) is 3.24. The molecule has 4 N–H and O–H groups in total. The third kappa shape index (κ3) is 2.61. The molecule has 27 heavy (non-hydrogen) atoms. The summed E-state index contributed by atoms with van der Waals surface area (Å²) in [6, 6.07) is 2.92. The van der Waals surface area contributed by atoms with Gasteiger partial charge in [0.25, 0.3) is 5.56 Å². The summed E-state index contributed by atoms with van der Waals surface area (Å²) < 4.78 is 20.0. The lowest BCUT2D eigenvalue weighted by molar-refractivity contribution is 0.320. The Bertz CT molecular complexity index is 1230. The summed E-state index contributed by atoms with van der Waals surface area (Å²) in [5.41, 5.74) is 8.29. The van der Waals surface area contributed by atoms with E-state index in [1.807, 2.05) is 6.92 Å². The average Bonchev–Trinajstić information content (AvgIpc) is 3.15. The van der Waals surface area contributed by atoms with Gasteiger partial charge in [-0.3, -0.25) is 14.9 Å². The zero-order valence-electron chi connectivity index (χ0n) is 14.9. The fourth-order valence-electron chi connectivity index (χ4n) is 3.24. The van der Waals surface area contributed by atoms with E-state index in [4.69, 9.17) is 10.5 Å². The Balaban J connectivity index is 2.17. The summed E-state index contributed by atoms with van der Waals surface area (Å²) in [5.74, 6) is 0.0793. The molecular weight excluding hydrogens is 349 g/mol. The second-order valence-corrected chi connectivity index (χ2v) is 6.30. The van der Waals surface area contributed by atoms with Crippen LogP contribution < -0.4 is 16.0 Å². The first-order valence-corrected chi connectivity index (χ1v) is 8.58. The topological polar surface area (TPSA) is 110 Å². The number of hydrogen-bond donors (Lipinski definition) is 3. The maximum absolute atomic E-state index is 14.1. The molecule has 0 atom stereocenters. The van der Waals surface area contributed by atoms with E-state index in [1.54, 1.807) is 19.2 Å². The van der Waals surface area contributed by atoms with Crippen molar-refractivity contribution in [2.75, 3.05) is 12.3 Å². The third-order valence-corrected chi connectivity index (χ3v) is 4.53. The molecule has 8 heteroatoms. The summed E-state index contributed by atoms with van der Waals surface area (Å²) in [6.07, 6.45) is 3.94. The largest absolute Gasteiger partial charge is 0.491 e. The lowest BCUT2D eigenvalue weighted by atomic mass is 9.96. The van der Waals surface area contributed by atoms with E-state index in [2.05, 4.69) is 20.2 Å². The SMILES string of the molecule is CCCOc1cnc(C)c2[nH]c(=O)c(N)c(-c3ccc(F)c4[nH]ncc34)c12. The van der Waals surface area contributed by atoms with E-state index < -0.39 is 11.4 Å². The Kier molecular flexibility index (Phi) is 4.02. The van der Waals surface area contributed by atoms with Gasteiger partial charge in [0.05, 0.1) is 35.6 Å². The smallest absolute Gasteiger partial charge is 0.272 e. The highest BCUT2D eigenvalue weighted by atomic mass is 19.1. The van der Waals surface area contributed by atoms with Crippen molar-refractivity contribution >= 4 is 27.5 Å². The molecule has 0 bridgehead atoms. The first-order valence-electron chi connectivity index (χ1n) is 8.58. The van der Waals surface area contributed by atoms with E-state index in [1.165, 1.54) is 12.3 Å². The molecule has 4 rings (SSSR count). The summed E-state index contributed by atoms with van der Waals surface area (Å²) in [5, 5.41) is 7.75. The van der Waals surface area contributed by atoms with Crippen molar-refractivity contribution in [2.24, 2.45) is 0 Å². The highest BCUT2D eigenvalue weighted by molar-refractivity contribution is 6.10. The van der Waals surface area contributed by atoms with Crippen LogP contribution in [0.1, 0.15) is 19.0 Å². The lowest BCUT2D eigenvalue weighted by Gasteiger charge is -2.16. The third-order valence-electron chi connectivity index (χ3n) is 4.53. The Hall–Kier alpha value is -3.42. The Morgan fingerprint density at radius 3 is 2.85 bits per heavy atom. The first-order chi connectivity index (χ1) is 13.0. The van der Waals surface area contributed by atoms with E-state index >= 15 is 0 Å². The molecule has 0 saturated carbocycles. The predicted octanol–water partition coefficient (Wildman–Crippen LogP) is 3.28. The minimum absolute atomic E-state index is 0.0311. The maximum atomic E-state index is 14.1. The molecule has 0 spiro atoms. The van der Waals surface area contributed by atoms with Crippen LogP contribution in [0, 0.1) is 12.7 Å². The van der Waals surface area contributed by atoms with Gasteiger partial charge in [-0.05, 0) is 25.0 Å². The van der Waals surface area contributed by atoms with Gasteiger partial charge in [0.2, 0.25) is 0 Å². The van der Waals surface area contributed by atoms with E-state index in [0.29, 0.717) is 45.5 Å². The molecule has 0 aliphatic carbocycles. The number of fused-ring (bicyclic) bond motifs is 2. The second kappa shape index (κ2) is 6.39. The Morgan fingerprint density at radius 2 is 2.07 bits per heavy atom. The van der Waals surface area contributed by atoms with Gasteiger partial charge in [-0.2, -0.15) is 5.10 Å². The molecule has 4 aromatic rings. The van der Waals surface area contributed by atoms with E-state index in [0.717, 1.165) is 6.42 Å². The quantitative estimate of drug-likeness (QED) is 0.513. The van der Waals surface area contributed by atoms with Crippen molar-refractivity contribution in [2.45, 2.75) is 20.3 Å². The van der Waals surface area contributed by atoms with Crippen LogP contribution in [0.15, 0.2) is 29.3 Å².